The predicted molar refractivity (Wildman–Crippen MR) is 77.8 cm³/mol. The zero-order valence-electron chi connectivity index (χ0n) is 10.7. The minimum atomic E-state index is 0.368. The smallest absolute Gasteiger partial charge is 0.164 e. The van der Waals surface area contributed by atoms with E-state index >= 15 is 0 Å². The summed E-state index contributed by atoms with van der Waals surface area (Å²) in [5, 5.41) is 0. The molecule has 0 aliphatic rings. The fraction of sp³-hybridized carbons (Fsp3) is 0.200. The summed E-state index contributed by atoms with van der Waals surface area (Å²) in [6.45, 7) is 2.14. The number of benzene rings is 1. The lowest BCUT2D eigenvalue weighted by Crippen LogP contribution is -2.00. The topological polar surface area (TPSA) is 30.7 Å². The Morgan fingerprint density at radius 2 is 2.11 bits per heavy atom. The highest BCUT2D eigenvalue weighted by Crippen LogP contribution is 2.21. The van der Waals surface area contributed by atoms with Crippen LogP contribution in [-0.2, 0) is 12.3 Å². The first-order chi connectivity index (χ1) is 9.33. The number of aryl methyl sites for hydroxylation is 1. The molecule has 1 aromatic carbocycles. The van der Waals surface area contributed by atoms with Gasteiger partial charge in [0.1, 0.15) is 11.3 Å². The average Bonchev–Trinajstić information content (AvgIpc) is 2.85. The van der Waals surface area contributed by atoms with Gasteiger partial charge in [-0.05, 0) is 36.2 Å². The lowest BCUT2D eigenvalue weighted by atomic mass is 10.1. The molecular weight excluding hydrogens is 258 g/mol. The number of hydrogen-bond donors (Lipinski definition) is 0. The zero-order chi connectivity index (χ0) is 13.2. The normalized spacial score (nSPS) is 11.1. The van der Waals surface area contributed by atoms with E-state index in [9.17, 15) is 0 Å². The minimum absolute atomic E-state index is 0.368. The van der Waals surface area contributed by atoms with Gasteiger partial charge in [-0.3, -0.25) is 4.57 Å². The van der Waals surface area contributed by atoms with E-state index in [1.165, 1.54) is 5.56 Å². The first-order valence-electron chi connectivity index (χ1n) is 6.31. The number of nitrogens with zero attached hydrogens (tertiary/aromatic N) is 3. The number of imidazole rings is 1. The summed E-state index contributed by atoms with van der Waals surface area (Å²) in [4.78, 5) is 8.96. The Morgan fingerprint density at radius 1 is 1.21 bits per heavy atom. The average molecular weight is 272 g/mol. The maximum atomic E-state index is 6.02. The number of fused-ring (bicyclic) bond motifs is 1. The Labute approximate surface area is 116 Å². The van der Waals surface area contributed by atoms with Crippen LogP contribution in [0.25, 0.3) is 16.9 Å². The van der Waals surface area contributed by atoms with Gasteiger partial charge in [0.15, 0.2) is 5.65 Å². The summed E-state index contributed by atoms with van der Waals surface area (Å²) in [5.41, 5.74) is 4.08. The number of alkyl halides is 1. The third-order valence-corrected chi connectivity index (χ3v) is 3.42. The highest BCUT2D eigenvalue weighted by atomic mass is 35.5. The Kier molecular flexibility index (Phi) is 3.22. The van der Waals surface area contributed by atoms with Gasteiger partial charge in [0.25, 0.3) is 0 Å². The quantitative estimate of drug-likeness (QED) is 0.680. The fourth-order valence-electron chi connectivity index (χ4n) is 2.24. The summed E-state index contributed by atoms with van der Waals surface area (Å²) in [6.07, 6.45) is 2.78. The maximum absolute atomic E-state index is 6.02. The molecule has 0 saturated carbocycles. The van der Waals surface area contributed by atoms with Crippen molar-refractivity contribution in [3.05, 3.63) is 54.0 Å². The van der Waals surface area contributed by atoms with Crippen molar-refractivity contribution < 1.29 is 0 Å². The van der Waals surface area contributed by atoms with Crippen molar-refractivity contribution in [1.82, 2.24) is 14.5 Å². The van der Waals surface area contributed by atoms with Crippen LogP contribution >= 0.6 is 11.6 Å². The van der Waals surface area contributed by atoms with Gasteiger partial charge in [-0.15, -0.1) is 11.6 Å². The van der Waals surface area contributed by atoms with Crippen molar-refractivity contribution in [3.8, 4) is 5.69 Å². The lowest BCUT2D eigenvalue weighted by molar-refractivity contribution is 0.964. The van der Waals surface area contributed by atoms with E-state index in [0.717, 1.165) is 29.1 Å². The van der Waals surface area contributed by atoms with E-state index in [1.807, 2.05) is 16.7 Å². The molecule has 2 heterocycles. The van der Waals surface area contributed by atoms with Gasteiger partial charge in [0, 0.05) is 11.9 Å². The number of hydrogen-bond acceptors (Lipinski definition) is 2. The van der Waals surface area contributed by atoms with Crippen LogP contribution in [0.4, 0.5) is 0 Å². The van der Waals surface area contributed by atoms with E-state index < -0.39 is 0 Å². The van der Waals surface area contributed by atoms with Gasteiger partial charge in [-0.1, -0.05) is 19.1 Å². The molecule has 0 aliphatic heterocycles. The van der Waals surface area contributed by atoms with Crippen LogP contribution in [0.1, 0.15) is 18.3 Å². The summed E-state index contributed by atoms with van der Waals surface area (Å²) >= 11 is 6.02. The number of rotatable bonds is 3. The van der Waals surface area contributed by atoms with E-state index in [1.54, 1.807) is 6.20 Å². The molecule has 96 valence electrons. The van der Waals surface area contributed by atoms with Gasteiger partial charge in [-0.2, -0.15) is 0 Å². The fourth-order valence-corrected chi connectivity index (χ4v) is 2.42. The molecule has 0 unspecified atom stereocenters. The molecule has 0 spiro atoms. The zero-order valence-corrected chi connectivity index (χ0v) is 11.4. The molecular formula is C15H14ClN3. The molecule has 0 bridgehead atoms. The molecule has 0 aliphatic carbocycles. The second kappa shape index (κ2) is 5.02. The summed E-state index contributed by atoms with van der Waals surface area (Å²) in [6, 6.07) is 12.2. The van der Waals surface area contributed by atoms with Gasteiger partial charge < -0.3 is 0 Å². The molecule has 2 aromatic heterocycles. The van der Waals surface area contributed by atoms with Crippen LogP contribution < -0.4 is 0 Å². The van der Waals surface area contributed by atoms with Crippen molar-refractivity contribution in [2.45, 2.75) is 19.2 Å². The van der Waals surface area contributed by atoms with Crippen LogP contribution in [0.15, 0.2) is 42.6 Å². The van der Waals surface area contributed by atoms with Crippen molar-refractivity contribution >= 4 is 22.8 Å². The van der Waals surface area contributed by atoms with Crippen molar-refractivity contribution in [2.24, 2.45) is 0 Å². The van der Waals surface area contributed by atoms with Gasteiger partial charge in [-0.25, -0.2) is 9.97 Å². The molecule has 0 saturated heterocycles. The third-order valence-electron chi connectivity index (χ3n) is 3.18. The Bertz CT molecular complexity index is 718. The van der Waals surface area contributed by atoms with Gasteiger partial charge in [0.2, 0.25) is 0 Å². The number of pyridine rings is 1. The molecule has 4 heteroatoms. The van der Waals surface area contributed by atoms with E-state index in [0.29, 0.717) is 5.88 Å². The van der Waals surface area contributed by atoms with E-state index in [4.69, 9.17) is 11.6 Å². The molecule has 3 rings (SSSR count). The second-order valence-corrected chi connectivity index (χ2v) is 4.63. The first kappa shape index (κ1) is 12.2. The molecule has 0 radical (unpaired) electrons. The second-order valence-electron chi connectivity index (χ2n) is 4.37. The van der Waals surface area contributed by atoms with Crippen molar-refractivity contribution in [3.63, 3.8) is 0 Å². The monoisotopic (exact) mass is 271 g/mol. The molecule has 0 amide bonds. The first-order valence-corrected chi connectivity index (χ1v) is 6.84. The third kappa shape index (κ3) is 2.10. The Hall–Kier alpha value is -1.87. The standard InChI is InChI=1S/C15H14ClN3/c1-2-11-5-3-6-12(9-11)19-14(10-16)18-13-7-4-8-17-15(13)19/h3-9H,2,10H2,1H3. The van der Waals surface area contributed by atoms with Gasteiger partial charge >= 0.3 is 0 Å². The van der Waals surface area contributed by atoms with E-state index in [2.05, 4.69) is 41.2 Å². The maximum Gasteiger partial charge on any atom is 0.164 e. The summed E-state index contributed by atoms with van der Waals surface area (Å²) < 4.78 is 2.03. The summed E-state index contributed by atoms with van der Waals surface area (Å²) in [5.74, 6) is 1.19. The largest absolute Gasteiger partial charge is 0.280 e. The van der Waals surface area contributed by atoms with E-state index in [-0.39, 0.29) is 0 Å². The molecule has 3 nitrogen and oxygen atoms in total. The number of halogens is 1. The molecule has 19 heavy (non-hydrogen) atoms. The molecule has 0 N–H and O–H groups in total. The predicted octanol–water partition coefficient (Wildman–Crippen LogP) is 3.72. The molecule has 0 atom stereocenters. The van der Waals surface area contributed by atoms with Crippen LogP contribution in [0, 0.1) is 0 Å². The number of aromatic nitrogens is 3. The minimum Gasteiger partial charge on any atom is -0.280 e. The Morgan fingerprint density at radius 3 is 2.89 bits per heavy atom. The van der Waals surface area contributed by atoms with Crippen molar-refractivity contribution in [2.75, 3.05) is 0 Å². The molecule has 0 fully saturated rings. The van der Waals surface area contributed by atoms with Crippen molar-refractivity contribution in [1.29, 1.82) is 0 Å². The summed E-state index contributed by atoms with van der Waals surface area (Å²) in [7, 11) is 0. The highest BCUT2D eigenvalue weighted by molar-refractivity contribution is 6.16. The van der Waals surface area contributed by atoms with Crippen LogP contribution in [0.2, 0.25) is 0 Å². The van der Waals surface area contributed by atoms with Gasteiger partial charge in [0.05, 0.1) is 5.88 Å². The van der Waals surface area contributed by atoms with Crippen LogP contribution in [-0.4, -0.2) is 14.5 Å². The SMILES string of the molecule is CCc1cccc(-n2c(CCl)nc3cccnc32)c1. The van der Waals surface area contributed by atoms with Crippen LogP contribution in [0.5, 0.6) is 0 Å². The molecule has 3 aromatic rings. The Balaban J connectivity index is 2.27. The highest BCUT2D eigenvalue weighted by Gasteiger charge is 2.12. The lowest BCUT2D eigenvalue weighted by Gasteiger charge is -2.08. The van der Waals surface area contributed by atoms with Crippen LogP contribution in [0.3, 0.4) is 0 Å².